The number of unbranched alkanes of at least 4 members (excludes halogenated alkanes) is 1. The van der Waals surface area contributed by atoms with Crippen LogP contribution in [0.3, 0.4) is 0 Å². The number of carbonyl (C=O) groups is 4. The molecule has 0 fully saturated rings. The molecule has 0 aliphatic heterocycles. The Kier molecular flexibility index (Phi) is 12.1. The molecule has 168 valence electrons. The first kappa shape index (κ1) is 26.8. The van der Waals surface area contributed by atoms with E-state index in [1.165, 1.54) is 13.8 Å². The highest BCUT2D eigenvalue weighted by molar-refractivity contribution is 5.94. The molecular formula is C18H35N5O6. The van der Waals surface area contributed by atoms with Crippen LogP contribution in [-0.4, -0.2) is 70.7 Å². The number of carbonyl (C=O) groups excluding carboxylic acids is 3. The molecule has 0 aromatic rings. The summed E-state index contributed by atoms with van der Waals surface area (Å²) in [6.45, 7) is 6.43. The Morgan fingerprint density at radius 2 is 1.38 bits per heavy atom. The molecule has 11 heteroatoms. The first-order chi connectivity index (χ1) is 13.4. The largest absolute Gasteiger partial charge is 0.480 e. The predicted octanol–water partition coefficient (Wildman–Crippen LogP) is -1.96. The van der Waals surface area contributed by atoms with E-state index in [0.717, 1.165) is 0 Å². The third kappa shape index (κ3) is 9.68. The van der Waals surface area contributed by atoms with Crippen molar-refractivity contribution in [2.75, 3.05) is 6.54 Å². The minimum Gasteiger partial charge on any atom is -0.480 e. The van der Waals surface area contributed by atoms with E-state index in [2.05, 4.69) is 16.0 Å². The molecule has 29 heavy (non-hydrogen) atoms. The summed E-state index contributed by atoms with van der Waals surface area (Å²) in [5.41, 5.74) is 11.2. The molecule has 0 saturated heterocycles. The summed E-state index contributed by atoms with van der Waals surface area (Å²) in [6.07, 6.45) is 0.486. The Bertz CT molecular complexity index is 569. The van der Waals surface area contributed by atoms with Crippen LogP contribution in [0.5, 0.6) is 0 Å². The number of hydrogen-bond acceptors (Lipinski definition) is 7. The van der Waals surface area contributed by atoms with Crippen molar-refractivity contribution >= 4 is 23.7 Å². The van der Waals surface area contributed by atoms with Gasteiger partial charge in [-0.05, 0) is 39.2 Å². The number of nitrogens with two attached hydrogens (primary N) is 2. The van der Waals surface area contributed by atoms with Gasteiger partial charge in [0.2, 0.25) is 17.7 Å². The van der Waals surface area contributed by atoms with Crippen LogP contribution < -0.4 is 27.4 Å². The second-order valence-electron chi connectivity index (χ2n) is 7.42. The van der Waals surface area contributed by atoms with Crippen LogP contribution in [0.4, 0.5) is 0 Å². The fourth-order valence-electron chi connectivity index (χ4n) is 2.45. The first-order valence-electron chi connectivity index (χ1n) is 9.69. The summed E-state index contributed by atoms with van der Waals surface area (Å²) in [4.78, 5) is 48.1. The Balaban J connectivity index is 5.10. The summed E-state index contributed by atoms with van der Waals surface area (Å²) in [5, 5.41) is 26.0. The molecular weight excluding hydrogens is 382 g/mol. The Morgan fingerprint density at radius 1 is 0.862 bits per heavy atom. The van der Waals surface area contributed by atoms with Gasteiger partial charge >= 0.3 is 5.97 Å². The third-order valence-electron chi connectivity index (χ3n) is 4.34. The molecule has 0 aliphatic rings. The van der Waals surface area contributed by atoms with E-state index in [1.54, 1.807) is 13.8 Å². The molecule has 0 spiro atoms. The summed E-state index contributed by atoms with van der Waals surface area (Å²) in [7, 11) is 0. The maximum Gasteiger partial charge on any atom is 0.325 e. The van der Waals surface area contributed by atoms with Crippen LogP contribution in [-0.2, 0) is 19.2 Å². The van der Waals surface area contributed by atoms with Crippen LogP contribution >= 0.6 is 0 Å². The average Bonchev–Trinajstić information content (AvgIpc) is 2.62. The maximum absolute atomic E-state index is 12.6. The molecule has 11 nitrogen and oxygen atoms in total. The van der Waals surface area contributed by atoms with Gasteiger partial charge in [0.1, 0.15) is 18.1 Å². The van der Waals surface area contributed by atoms with E-state index >= 15 is 0 Å². The highest BCUT2D eigenvalue weighted by atomic mass is 16.4. The topological polar surface area (TPSA) is 197 Å². The van der Waals surface area contributed by atoms with Crippen molar-refractivity contribution in [3.8, 4) is 0 Å². The lowest BCUT2D eigenvalue weighted by atomic mass is 10.0. The summed E-state index contributed by atoms with van der Waals surface area (Å²) >= 11 is 0. The van der Waals surface area contributed by atoms with Gasteiger partial charge in [0.25, 0.3) is 0 Å². The number of rotatable bonds is 13. The van der Waals surface area contributed by atoms with Crippen molar-refractivity contribution in [3.63, 3.8) is 0 Å². The van der Waals surface area contributed by atoms with E-state index in [9.17, 15) is 24.3 Å². The molecule has 0 aromatic carbocycles. The minimum absolute atomic E-state index is 0.371. The number of aliphatic hydroxyl groups excluding tert-OH is 1. The number of carboxylic acids is 1. The van der Waals surface area contributed by atoms with E-state index in [-0.39, 0.29) is 5.92 Å². The van der Waals surface area contributed by atoms with Crippen molar-refractivity contribution in [2.45, 2.75) is 77.2 Å². The second kappa shape index (κ2) is 13.1. The molecule has 0 aliphatic carbocycles. The Labute approximate surface area is 171 Å². The Morgan fingerprint density at radius 3 is 1.83 bits per heavy atom. The van der Waals surface area contributed by atoms with Gasteiger partial charge in [0.05, 0.1) is 12.1 Å². The lowest BCUT2D eigenvalue weighted by Gasteiger charge is -2.27. The molecule has 9 N–H and O–H groups in total. The van der Waals surface area contributed by atoms with Gasteiger partial charge in [-0.1, -0.05) is 20.3 Å². The van der Waals surface area contributed by atoms with Gasteiger partial charge in [-0.3, -0.25) is 19.2 Å². The van der Waals surface area contributed by atoms with Gasteiger partial charge in [0, 0.05) is 0 Å². The van der Waals surface area contributed by atoms with Crippen LogP contribution in [0.15, 0.2) is 0 Å². The number of carboxylic acid groups (broad SMARTS) is 1. The van der Waals surface area contributed by atoms with Gasteiger partial charge in [-0.15, -0.1) is 0 Å². The number of hydrogen-bond donors (Lipinski definition) is 7. The molecule has 3 amide bonds. The monoisotopic (exact) mass is 417 g/mol. The summed E-state index contributed by atoms with van der Waals surface area (Å²) in [6, 6.07) is -4.38. The lowest BCUT2D eigenvalue weighted by Crippen LogP contribution is -2.60. The zero-order chi connectivity index (χ0) is 22.7. The van der Waals surface area contributed by atoms with Gasteiger partial charge < -0.3 is 37.6 Å². The zero-order valence-electron chi connectivity index (χ0n) is 17.5. The maximum atomic E-state index is 12.6. The number of nitrogens with one attached hydrogen (secondary N) is 3. The van der Waals surface area contributed by atoms with Crippen LogP contribution in [0, 0.1) is 5.92 Å². The van der Waals surface area contributed by atoms with Crippen molar-refractivity contribution in [3.05, 3.63) is 0 Å². The van der Waals surface area contributed by atoms with E-state index in [1.807, 2.05) is 0 Å². The molecule has 0 radical (unpaired) electrons. The molecule has 0 bridgehead atoms. The van der Waals surface area contributed by atoms with Crippen molar-refractivity contribution in [1.82, 2.24) is 16.0 Å². The highest BCUT2D eigenvalue weighted by Crippen LogP contribution is 2.06. The molecule has 0 saturated carbocycles. The smallest absolute Gasteiger partial charge is 0.325 e. The van der Waals surface area contributed by atoms with Crippen LogP contribution in [0.1, 0.15) is 47.0 Å². The van der Waals surface area contributed by atoms with Gasteiger partial charge in [-0.25, -0.2) is 0 Å². The van der Waals surface area contributed by atoms with Gasteiger partial charge in [0.15, 0.2) is 0 Å². The Hall–Kier alpha value is -2.24. The van der Waals surface area contributed by atoms with Crippen LogP contribution in [0.25, 0.3) is 0 Å². The number of aliphatic hydroxyl groups is 1. The standard InChI is InChI=1S/C18H35N5O6/c1-9(2)13(16(26)21-10(3)18(28)29)22-17(27)14(11(4)24)23-15(25)12(20)7-5-6-8-19/h9-14,24H,5-8,19-20H2,1-4H3,(H,21,26)(H,22,27)(H,23,25)(H,28,29). The zero-order valence-corrected chi connectivity index (χ0v) is 17.5. The number of amides is 3. The first-order valence-corrected chi connectivity index (χ1v) is 9.69. The van der Waals surface area contributed by atoms with E-state index in [0.29, 0.717) is 25.8 Å². The predicted molar refractivity (Wildman–Crippen MR) is 107 cm³/mol. The number of aliphatic carboxylic acids is 1. The molecule has 0 aromatic heterocycles. The normalized spacial score (nSPS) is 16.3. The molecule has 0 heterocycles. The molecule has 0 rings (SSSR count). The SMILES string of the molecule is CC(NC(=O)C(NC(=O)C(NC(=O)C(N)CCCCN)C(C)O)C(C)C)C(=O)O. The fraction of sp³-hybridized carbons (Fsp3) is 0.778. The molecule has 5 unspecified atom stereocenters. The van der Waals surface area contributed by atoms with Crippen molar-refractivity contribution < 1.29 is 29.4 Å². The molecule has 5 atom stereocenters. The van der Waals surface area contributed by atoms with Gasteiger partial charge in [-0.2, -0.15) is 0 Å². The minimum atomic E-state index is -1.32. The van der Waals surface area contributed by atoms with Crippen molar-refractivity contribution in [2.24, 2.45) is 17.4 Å². The second-order valence-corrected chi connectivity index (χ2v) is 7.42. The summed E-state index contributed by atoms with van der Waals surface area (Å²) < 4.78 is 0. The fourth-order valence-corrected chi connectivity index (χ4v) is 2.45. The summed E-state index contributed by atoms with van der Waals surface area (Å²) in [5.74, 6) is -3.65. The van der Waals surface area contributed by atoms with Crippen molar-refractivity contribution in [1.29, 1.82) is 0 Å². The lowest BCUT2D eigenvalue weighted by molar-refractivity contribution is -0.142. The van der Waals surface area contributed by atoms with E-state index in [4.69, 9.17) is 16.6 Å². The highest BCUT2D eigenvalue weighted by Gasteiger charge is 2.32. The third-order valence-corrected chi connectivity index (χ3v) is 4.34. The quantitative estimate of drug-likeness (QED) is 0.168. The van der Waals surface area contributed by atoms with E-state index < -0.39 is 54.0 Å². The van der Waals surface area contributed by atoms with Crippen LogP contribution in [0.2, 0.25) is 0 Å². The average molecular weight is 418 g/mol.